The first kappa shape index (κ1) is 16.8. The molecule has 1 saturated heterocycles. The van der Waals surface area contributed by atoms with Crippen LogP contribution in [0, 0.1) is 13.8 Å². The molecule has 0 aliphatic carbocycles. The Kier molecular flexibility index (Phi) is 4.50. The number of amides is 1. The number of nitrogens with zero attached hydrogens (tertiary/aromatic N) is 3. The maximum Gasteiger partial charge on any atom is 0.292 e. The van der Waals surface area contributed by atoms with Crippen molar-refractivity contribution >= 4 is 15.9 Å². The zero-order valence-corrected chi connectivity index (χ0v) is 14.3. The summed E-state index contributed by atoms with van der Waals surface area (Å²) in [5.74, 6) is 0.135. The number of ether oxygens (including phenoxy) is 2. The summed E-state index contributed by atoms with van der Waals surface area (Å²) in [6.45, 7) is 4.87. The van der Waals surface area contributed by atoms with Gasteiger partial charge in [-0.2, -0.15) is 4.31 Å². The molecule has 10 heteroatoms. The summed E-state index contributed by atoms with van der Waals surface area (Å²) in [4.78, 5) is 14.0. The van der Waals surface area contributed by atoms with Crippen molar-refractivity contribution in [3.8, 4) is 0 Å². The van der Waals surface area contributed by atoms with E-state index in [-0.39, 0.29) is 48.5 Å². The Balaban J connectivity index is 1.69. The number of piperazine rings is 1. The Morgan fingerprint density at radius 2 is 1.88 bits per heavy atom. The van der Waals surface area contributed by atoms with Crippen molar-refractivity contribution in [3.63, 3.8) is 0 Å². The van der Waals surface area contributed by atoms with Gasteiger partial charge < -0.3 is 18.9 Å². The number of aromatic nitrogens is 1. The van der Waals surface area contributed by atoms with E-state index in [2.05, 4.69) is 5.16 Å². The van der Waals surface area contributed by atoms with Crippen LogP contribution in [-0.4, -0.2) is 68.1 Å². The monoisotopic (exact) mass is 357 g/mol. The van der Waals surface area contributed by atoms with Crippen LogP contribution in [0.5, 0.6) is 0 Å². The molecule has 0 aromatic carbocycles. The lowest BCUT2D eigenvalue weighted by Crippen LogP contribution is -2.51. The Morgan fingerprint density at radius 3 is 2.42 bits per heavy atom. The fourth-order valence-electron chi connectivity index (χ4n) is 2.74. The highest BCUT2D eigenvalue weighted by atomic mass is 32.2. The van der Waals surface area contributed by atoms with Crippen molar-refractivity contribution in [2.75, 3.05) is 39.4 Å². The molecule has 3 heterocycles. The molecule has 0 unspecified atom stereocenters. The number of hydrogen-bond donors (Lipinski definition) is 0. The highest BCUT2D eigenvalue weighted by Gasteiger charge is 2.35. The van der Waals surface area contributed by atoms with Gasteiger partial charge in [0.15, 0.2) is 5.76 Å². The molecule has 132 valence electrons. The van der Waals surface area contributed by atoms with Crippen LogP contribution in [0.25, 0.3) is 0 Å². The fourth-order valence-corrected chi connectivity index (χ4v) is 4.45. The molecular formula is C14H19N3O6S. The molecule has 2 aliphatic heterocycles. The van der Waals surface area contributed by atoms with E-state index in [1.165, 1.54) is 10.6 Å². The van der Waals surface area contributed by atoms with E-state index < -0.39 is 10.0 Å². The molecule has 0 N–H and O–H groups in total. The first-order valence-electron chi connectivity index (χ1n) is 7.58. The molecule has 0 bridgehead atoms. The summed E-state index contributed by atoms with van der Waals surface area (Å²) < 4.78 is 42.1. The van der Waals surface area contributed by atoms with Crippen molar-refractivity contribution in [2.45, 2.75) is 18.7 Å². The highest BCUT2D eigenvalue weighted by Crippen LogP contribution is 2.24. The van der Waals surface area contributed by atoms with E-state index in [1.54, 1.807) is 18.7 Å². The predicted molar refractivity (Wildman–Crippen MR) is 81.3 cm³/mol. The van der Waals surface area contributed by atoms with Crippen LogP contribution in [-0.2, 0) is 24.3 Å². The predicted octanol–water partition coefficient (Wildman–Crippen LogP) is 0.0125. The maximum absolute atomic E-state index is 12.7. The second-order valence-corrected chi connectivity index (χ2v) is 7.43. The number of carbonyl (C=O) groups is 1. The molecule has 3 rings (SSSR count). The van der Waals surface area contributed by atoms with Crippen molar-refractivity contribution in [2.24, 2.45) is 0 Å². The van der Waals surface area contributed by atoms with Gasteiger partial charge >= 0.3 is 0 Å². The smallest absolute Gasteiger partial charge is 0.292 e. The van der Waals surface area contributed by atoms with E-state index in [1.807, 2.05) is 0 Å². The second kappa shape index (κ2) is 6.44. The second-order valence-electron chi connectivity index (χ2n) is 5.55. The molecule has 1 amide bonds. The third-order valence-corrected chi connectivity index (χ3v) is 6.10. The van der Waals surface area contributed by atoms with Crippen molar-refractivity contribution in [1.29, 1.82) is 0 Å². The van der Waals surface area contributed by atoms with Gasteiger partial charge in [0.05, 0.1) is 0 Å². The average Bonchev–Trinajstić information content (AvgIpc) is 2.94. The minimum atomic E-state index is -3.69. The van der Waals surface area contributed by atoms with Gasteiger partial charge in [0.2, 0.25) is 15.8 Å². The minimum absolute atomic E-state index is 0.106. The van der Waals surface area contributed by atoms with E-state index in [0.29, 0.717) is 18.9 Å². The first-order chi connectivity index (χ1) is 11.4. The number of rotatable bonds is 3. The zero-order valence-electron chi connectivity index (χ0n) is 13.5. The third-order valence-electron chi connectivity index (χ3n) is 3.95. The van der Waals surface area contributed by atoms with Gasteiger partial charge in [0.1, 0.15) is 30.1 Å². The average molecular weight is 357 g/mol. The summed E-state index contributed by atoms with van der Waals surface area (Å²) in [5.41, 5.74) is 0.337. The number of carbonyl (C=O) groups excluding carboxylic acids is 1. The van der Waals surface area contributed by atoms with Crippen LogP contribution in [0.15, 0.2) is 21.4 Å². The largest absolute Gasteiger partial charge is 0.494 e. The van der Waals surface area contributed by atoms with Crippen LogP contribution >= 0.6 is 0 Å². The molecule has 0 radical (unpaired) electrons. The van der Waals surface area contributed by atoms with Crippen LogP contribution in [0.3, 0.4) is 0 Å². The molecule has 0 atom stereocenters. The summed E-state index contributed by atoms with van der Waals surface area (Å²) in [5, 5.41) is 3.70. The Morgan fingerprint density at radius 1 is 1.17 bits per heavy atom. The van der Waals surface area contributed by atoms with Gasteiger partial charge in [-0.05, 0) is 13.8 Å². The lowest BCUT2D eigenvalue weighted by atomic mass is 10.3. The van der Waals surface area contributed by atoms with E-state index in [4.69, 9.17) is 14.0 Å². The van der Waals surface area contributed by atoms with Gasteiger partial charge in [0.25, 0.3) is 5.91 Å². The van der Waals surface area contributed by atoms with Crippen LogP contribution in [0.4, 0.5) is 0 Å². The van der Waals surface area contributed by atoms with Gasteiger partial charge in [-0.3, -0.25) is 4.79 Å². The van der Waals surface area contributed by atoms with E-state index in [9.17, 15) is 13.2 Å². The normalized spacial score (nSPS) is 19.4. The lowest BCUT2D eigenvalue weighted by Gasteiger charge is -2.34. The highest BCUT2D eigenvalue weighted by molar-refractivity contribution is 7.89. The summed E-state index contributed by atoms with van der Waals surface area (Å²) in [6, 6.07) is 0. The van der Waals surface area contributed by atoms with Gasteiger partial charge in [0, 0.05) is 26.2 Å². The van der Waals surface area contributed by atoms with Gasteiger partial charge in [-0.1, -0.05) is 5.16 Å². The number of aryl methyl sites for hydroxylation is 2. The van der Waals surface area contributed by atoms with E-state index in [0.717, 1.165) is 0 Å². The molecular weight excluding hydrogens is 338 g/mol. The molecule has 9 nitrogen and oxygen atoms in total. The van der Waals surface area contributed by atoms with Gasteiger partial charge in [-0.15, -0.1) is 0 Å². The van der Waals surface area contributed by atoms with Gasteiger partial charge in [-0.25, -0.2) is 8.42 Å². The lowest BCUT2D eigenvalue weighted by molar-refractivity contribution is -0.133. The topological polar surface area (TPSA) is 102 Å². The SMILES string of the molecule is Cc1noc(C)c1S(=O)(=O)N1CCN(C(=O)C2=COCCO2)CC1. The van der Waals surface area contributed by atoms with Crippen molar-refractivity contribution in [3.05, 3.63) is 23.5 Å². The van der Waals surface area contributed by atoms with Crippen molar-refractivity contribution < 1.29 is 27.2 Å². The molecule has 1 fully saturated rings. The molecule has 0 spiro atoms. The Labute approximate surface area is 139 Å². The maximum atomic E-state index is 12.7. The summed E-state index contributed by atoms with van der Waals surface area (Å²) in [6.07, 6.45) is 1.30. The number of hydrogen-bond acceptors (Lipinski definition) is 7. The molecule has 1 aromatic rings. The van der Waals surface area contributed by atoms with E-state index >= 15 is 0 Å². The molecule has 0 saturated carbocycles. The van der Waals surface area contributed by atoms with Crippen molar-refractivity contribution in [1.82, 2.24) is 14.4 Å². The quantitative estimate of drug-likeness (QED) is 0.751. The Bertz CT molecular complexity index is 742. The summed E-state index contributed by atoms with van der Waals surface area (Å²) >= 11 is 0. The minimum Gasteiger partial charge on any atom is -0.494 e. The van der Waals surface area contributed by atoms with Crippen LogP contribution < -0.4 is 0 Å². The standard InChI is InChI=1S/C14H19N3O6S/c1-10-13(11(2)23-15-10)24(19,20)17-5-3-16(4-6-17)14(18)12-9-21-7-8-22-12/h9H,3-8H2,1-2H3. The zero-order chi connectivity index (χ0) is 17.3. The number of sulfonamides is 1. The molecule has 1 aromatic heterocycles. The third kappa shape index (κ3) is 2.98. The van der Waals surface area contributed by atoms with Crippen LogP contribution in [0.2, 0.25) is 0 Å². The fraction of sp³-hybridized carbons (Fsp3) is 0.571. The summed E-state index contributed by atoms with van der Waals surface area (Å²) in [7, 11) is -3.69. The molecule has 24 heavy (non-hydrogen) atoms. The Hall–Kier alpha value is -2.07. The van der Waals surface area contributed by atoms with Crippen LogP contribution in [0.1, 0.15) is 11.5 Å². The molecule has 2 aliphatic rings. The first-order valence-corrected chi connectivity index (χ1v) is 9.02.